The molecule has 1 aromatic rings. The van der Waals surface area contributed by atoms with E-state index in [4.69, 9.17) is 0 Å². The summed E-state index contributed by atoms with van der Waals surface area (Å²) in [5.41, 5.74) is -1.00. The van der Waals surface area contributed by atoms with E-state index < -0.39 is 17.5 Å². The molecule has 1 saturated heterocycles. The average Bonchev–Trinajstić information content (AvgIpc) is 2.92. The minimum absolute atomic E-state index is 0.0195. The van der Waals surface area contributed by atoms with Crippen LogP contribution in [-0.4, -0.2) is 55.7 Å². The molecule has 2 rings (SSSR count). The molecule has 2 N–H and O–H groups in total. The van der Waals surface area contributed by atoms with Crippen LogP contribution in [0.25, 0.3) is 0 Å². The van der Waals surface area contributed by atoms with Gasteiger partial charge < -0.3 is 19.7 Å². The van der Waals surface area contributed by atoms with Crippen molar-refractivity contribution in [2.24, 2.45) is 18.4 Å². The first-order valence-electron chi connectivity index (χ1n) is 7.95. The Balaban J connectivity index is 2.21. The van der Waals surface area contributed by atoms with Crippen molar-refractivity contribution in [2.75, 3.05) is 13.1 Å². The number of hydrogen-bond donors (Lipinski definition) is 2. The third-order valence-corrected chi connectivity index (χ3v) is 4.59. The first-order valence-corrected chi connectivity index (χ1v) is 7.95. The minimum Gasteiger partial charge on any atom is -0.481 e. The number of likely N-dealkylation sites (tertiary alicyclic amines) is 1. The number of aryl methyl sites for hydroxylation is 1. The third-order valence-electron chi connectivity index (χ3n) is 4.59. The van der Waals surface area contributed by atoms with Crippen LogP contribution in [0, 0.1) is 11.3 Å². The lowest BCUT2D eigenvalue weighted by molar-refractivity contribution is -0.163. The highest BCUT2D eigenvalue weighted by molar-refractivity contribution is 5.92. The number of nitrogens with zero attached hydrogens (tertiary/aromatic N) is 3. The molecule has 1 aromatic heterocycles. The maximum Gasteiger partial charge on any atom is 0.314 e. The van der Waals surface area contributed by atoms with Gasteiger partial charge in [-0.2, -0.15) is 0 Å². The molecular weight excluding hydrogens is 298 g/mol. The molecule has 2 heterocycles. The number of aliphatic hydroxyl groups excluding tert-OH is 1. The SMILES string of the molecule is CC(C)CC[C@@]1(C(=O)O)CN(C(=O)c2cn(C)cn2)CC[C@H]1O. The lowest BCUT2D eigenvalue weighted by Crippen LogP contribution is -2.57. The van der Waals surface area contributed by atoms with E-state index in [0.29, 0.717) is 31.0 Å². The molecule has 0 aliphatic carbocycles. The Kier molecular flexibility index (Phi) is 5.09. The fourth-order valence-corrected chi connectivity index (χ4v) is 3.05. The maximum absolute atomic E-state index is 12.5. The predicted molar refractivity (Wildman–Crippen MR) is 83.9 cm³/mol. The van der Waals surface area contributed by atoms with Crippen LogP contribution in [0.15, 0.2) is 12.5 Å². The summed E-state index contributed by atoms with van der Waals surface area (Å²) in [4.78, 5) is 30.0. The number of carbonyl (C=O) groups excluding carboxylic acids is 1. The van der Waals surface area contributed by atoms with E-state index in [0.717, 1.165) is 0 Å². The zero-order chi connectivity index (χ0) is 17.2. The van der Waals surface area contributed by atoms with Crippen LogP contribution >= 0.6 is 0 Å². The summed E-state index contributed by atoms with van der Waals surface area (Å²) in [6, 6.07) is 0. The molecule has 128 valence electrons. The molecule has 2 atom stereocenters. The highest BCUT2D eigenvalue weighted by Crippen LogP contribution is 2.37. The van der Waals surface area contributed by atoms with Crippen molar-refractivity contribution in [3.8, 4) is 0 Å². The summed E-state index contributed by atoms with van der Waals surface area (Å²) < 4.78 is 1.68. The second-order valence-electron chi connectivity index (χ2n) is 6.85. The normalized spacial score (nSPS) is 24.9. The van der Waals surface area contributed by atoms with Crippen LogP contribution in [0.5, 0.6) is 0 Å². The van der Waals surface area contributed by atoms with E-state index >= 15 is 0 Å². The quantitative estimate of drug-likeness (QED) is 0.847. The molecule has 0 aromatic carbocycles. The Morgan fingerprint density at radius 1 is 1.48 bits per heavy atom. The Labute approximate surface area is 135 Å². The fourth-order valence-electron chi connectivity index (χ4n) is 3.05. The number of amides is 1. The van der Waals surface area contributed by atoms with E-state index in [1.807, 2.05) is 13.8 Å². The molecule has 0 spiro atoms. The van der Waals surface area contributed by atoms with Gasteiger partial charge in [-0.25, -0.2) is 4.98 Å². The van der Waals surface area contributed by atoms with E-state index in [9.17, 15) is 19.8 Å². The second kappa shape index (κ2) is 6.70. The van der Waals surface area contributed by atoms with Crippen LogP contribution < -0.4 is 0 Å². The molecule has 7 heteroatoms. The summed E-state index contributed by atoms with van der Waals surface area (Å²) in [7, 11) is 1.77. The van der Waals surface area contributed by atoms with Gasteiger partial charge in [0.2, 0.25) is 0 Å². The number of carboxylic acids is 1. The van der Waals surface area contributed by atoms with Crippen LogP contribution in [0.3, 0.4) is 0 Å². The summed E-state index contributed by atoms with van der Waals surface area (Å²) in [6.07, 6.45) is 3.52. The van der Waals surface area contributed by atoms with Crippen molar-refractivity contribution in [3.05, 3.63) is 18.2 Å². The third kappa shape index (κ3) is 3.55. The molecule has 1 aliphatic heterocycles. The van der Waals surface area contributed by atoms with Gasteiger partial charge in [0.25, 0.3) is 5.91 Å². The summed E-state index contributed by atoms with van der Waals surface area (Å²) in [6.45, 7) is 4.39. The van der Waals surface area contributed by atoms with Crippen molar-refractivity contribution in [1.29, 1.82) is 0 Å². The second-order valence-corrected chi connectivity index (χ2v) is 6.85. The van der Waals surface area contributed by atoms with Crippen molar-refractivity contribution in [2.45, 2.75) is 39.2 Å². The summed E-state index contributed by atoms with van der Waals surface area (Å²) in [5, 5.41) is 20.1. The Bertz CT molecular complexity index is 584. The number of aromatic nitrogens is 2. The summed E-state index contributed by atoms with van der Waals surface area (Å²) in [5.74, 6) is -0.989. The van der Waals surface area contributed by atoms with E-state index in [1.54, 1.807) is 17.8 Å². The lowest BCUT2D eigenvalue weighted by Gasteiger charge is -2.43. The Hall–Kier alpha value is -1.89. The van der Waals surface area contributed by atoms with Crippen LogP contribution in [0.2, 0.25) is 0 Å². The molecular formula is C16H25N3O4. The monoisotopic (exact) mass is 323 g/mol. The number of imidazole rings is 1. The highest BCUT2D eigenvalue weighted by Gasteiger charge is 2.50. The Morgan fingerprint density at radius 2 is 2.17 bits per heavy atom. The number of aliphatic carboxylic acids is 1. The molecule has 0 saturated carbocycles. The van der Waals surface area contributed by atoms with Gasteiger partial charge in [0.15, 0.2) is 0 Å². The van der Waals surface area contributed by atoms with Crippen LogP contribution in [0.1, 0.15) is 43.6 Å². The zero-order valence-electron chi connectivity index (χ0n) is 13.9. The first-order chi connectivity index (χ1) is 10.8. The topological polar surface area (TPSA) is 95.7 Å². The van der Waals surface area contributed by atoms with Crippen LogP contribution in [0.4, 0.5) is 0 Å². The van der Waals surface area contributed by atoms with E-state index in [-0.39, 0.29) is 18.9 Å². The molecule has 0 radical (unpaired) electrons. The minimum atomic E-state index is -1.30. The first kappa shape index (κ1) is 17.5. The van der Waals surface area contributed by atoms with Gasteiger partial charge in [-0.1, -0.05) is 13.8 Å². The van der Waals surface area contributed by atoms with Gasteiger partial charge in [-0.3, -0.25) is 9.59 Å². The van der Waals surface area contributed by atoms with Crippen molar-refractivity contribution >= 4 is 11.9 Å². The number of hydrogen-bond acceptors (Lipinski definition) is 4. The smallest absolute Gasteiger partial charge is 0.314 e. The number of carbonyl (C=O) groups is 2. The highest BCUT2D eigenvalue weighted by atomic mass is 16.4. The van der Waals surface area contributed by atoms with Crippen molar-refractivity contribution < 1.29 is 19.8 Å². The number of piperidine rings is 1. The summed E-state index contributed by atoms with van der Waals surface area (Å²) >= 11 is 0. The molecule has 1 amide bonds. The molecule has 1 aliphatic rings. The molecule has 23 heavy (non-hydrogen) atoms. The zero-order valence-corrected chi connectivity index (χ0v) is 13.9. The standard InChI is InChI=1S/C16H25N3O4/c1-11(2)4-6-16(15(22)23)9-19(7-5-13(16)20)14(21)12-8-18(3)10-17-12/h8,10-11,13,20H,4-7,9H2,1-3H3,(H,22,23)/t13-,16-/m1/s1. The van der Waals surface area contributed by atoms with E-state index in [2.05, 4.69) is 4.98 Å². The number of aliphatic hydroxyl groups is 1. The van der Waals surface area contributed by atoms with Gasteiger partial charge in [0.1, 0.15) is 11.1 Å². The van der Waals surface area contributed by atoms with Gasteiger partial charge in [0, 0.05) is 26.3 Å². The van der Waals surface area contributed by atoms with E-state index in [1.165, 1.54) is 11.2 Å². The molecule has 1 fully saturated rings. The molecule has 0 bridgehead atoms. The molecule has 0 unspecified atom stereocenters. The predicted octanol–water partition coefficient (Wildman–Crippen LogP) is 1.13. The van der Waals surface area contributed by atoms with Gasteiger partial charge in [-0.05, 0) is 25.2 Å². The van der Waals surface area contributed by atoms with Gasteiger partial charge >= 0.3 is 5.97 Å². The fraction of sp³-hybridized carbons (Fsp3) is 0.688. The average molecular weight is 323 g/mol. The number of carboxylic acid groups (broad SMARTS) is 1. The van der Waals surface area contributed by atoms with Gasteiger partial charge in [0.05, 0.1) is 12.4 Å². The largest absolute Gasteiger partial charge is 0.481 e. The maximum atomic E-state index is 12.5. The van der Waals surface area contributed by atoms with Gasteiger partial charge in [-0.15, -0.1) is 0 Å². The lowest BCUT2D eigenvalue weighted by atomic mass is 9.72. The van der Waals surface area contributed by atoms with Crippen molar-refractivity contribution in [1.82, 2.24) is 14.5 Å². The molecule has 7 nitrogen and oxygen atoms in total. The van der Waals surface area contributed by atoms with Crippen molar-refractivity contribution in [3.63, 3.8) is 0 Å². The Morgan fingerprint density at radius 3 is 2.70 bits per heavy atom. The number of rotatable bonds is 5. The van der Waals surface area contributed by atoms with Crippen LogP contribution in [-0.2, 0) is 11.8 Å².